The van der Waals surface area contributed by atoms with Crippen LogP contribution in [0.15, 0.2) is 42.5 Å². The fraction of sp³-hybridized carbons (Fsp3) is 0.214. The Bertz CT molecular complexity index is 416. The van der Waals surface area contributed by atoms with Crippen molar-refractivity contribution >= 4 is 12.0 Å². The number of rotatable bonds is 6. The number of carboxylic acid groups (broad SMARTS) is 1. The van der Waals surface area contributed by atoms with Crippen LogP contribution >= 0.6 is 0 Å². The van der Waals surface area contributed by atoms with E-state index in [9.17, 15) is 4.79 Å². The van der Waals surface area contributed by atoms with E-state index in [0.29, 0.717) is 13.2 Å². The van der Waals surface area contributed by atoms with Gasteiger partial charge in [0.1, 0.15) is 0 Å². The second-order valence-electron chi connectivity index (χ2n) is 3.86. The van der Waals surface area contributed by atoms with Crippen molar-refractivity contribution in [2.45, 2.75) is 13.5 Å². The molecule has 1 aromatic rings. The molecule has 0 spiro atoms. The Morgan fingerprint density at radius 1 is 1.41 bits per heavy atom. The van der Waals surface area contributed by atoms with Gasteiger partial charge in [0.2, 0.25) is 0 Å². The highest BCUT2D eigenvalue weighted by Crippen LogP contribution is 2.07. The molecule has 0 aromatic heterocycles. The zero-order valence-corrected chi connectivity index (χ0v) is 9.85. The Balaban J connectivity index is 2.50. The number of carboxylic acids is 1. The second-order valence-corrected chi connectivity index (χ2v) is 3.86. The summed E-state index contributed by atoms with van der Waals surface area (Å²) in [6.45, 7) is 6.76. The SMILES string of the molecule is C=C(C)COCc1ccc(/C=C/C(=O)O)cc1. The van der Waals surface area contributed by atoms with Gasteiger partial charge < -0.3 is 9.84 Å². The second kappa shape index (κ2) is 6.66. The first kappa shape index (κ1) is 13.2. The maximum Gasteiger partial charge on any atom is 0.328 e. The summed E-state index contributed by atoms with van der Waals surface area (Å²) < 4.78 is 5.41. The molecule has 1 aromatic carbocycles. The molecular weight excluding hydrogens is 216 g/mol. The Labute approximate surface area is 101 Å². The Hall–Kier alpha value is -1.87. The van der Waals surface area contributed by atoms with Crippen molar-refractivity contribution < 1.29 is 14.6 Å². The van der Waals surface area contributed by atoms with Gasteiger partial charge in [0.05, 0.1) is 13.2 Å². The summed E-state index contributed by atoms with van der Waals surface area (Å²) in [6, 6.07) is 7.55. The monoisotopic (exact) mass is 232 g/mol. The minimum atomic E-state index is -0.945. The van der Waals surface area contributed by atoms with E-state index in [2.05, 4.69) is 6.58 Å². The van der Waals surface area contributed by atoms with Crippen molar-refractivity contribution in [3.05, 3.63) is 53.6 Å². The topological polar surface area (TPSA) is 46.5 Å². The van der Waals surface area contributed by atoms with E-state index in [-0.39, 0.29) is 0 Å². The normalized spacial score (nSPS) is 10.6. The largest absolute Gasteiger partial charge is 0.478 e. The van der Waals surface area contributed by atoms with E-state index in [4.69, 9.17) is 9.84 Å². The van der Waals surface area contributed by atoms with Crippen molar-refractivity contribution in [3.63, 3.8) is 0 Å². The first-order chi connectivity index (χ1) is 8.08. The molecule has 3 nitrogen and oxygen atoms in total. The molecule has 0 saturated carbocycles. The van der Waals surface area contributed by atoms with Gasteiger partial charge in [0.15, 0.2) is 0 Å². The number of carbonyl (C=O) groups is 1. The molecule has 0 amide bonds. The number of hydrogen-bond acceptors (Lipinski definition) is 2. The van der Waals surface area contributed by atoms with Gasteiger partial charge >= 0.3 is 5.97 Å². The molecular formula is C14H16O3. The van der Waals surface area contributed by atoms with E-state index in [1.807, 2.05) is 31.2 Å². The summed E-state index contributed by atoms with van der Waals surface area (Å²) in [5.41, 5.74) is 2.90. The van der Waals surface area contributed by atoms with Crippen LogP contribution in [0, 0.1) is 0 Å². The molecule has 1 N–H and O–H groups in total. The molecule has 0 atom stereocenters. The molecule has 0 bridgehead atoms. The van der Waals surface area contributed by atoms with Crippen LogP contribution in [0.25, 0.3) is 6.08 Å². The van der Waals surface area contributed by atoms with Gasteiger partial charge in [-0.15, -0.1) is 0 Å². The smallest absolute Gasteiger partial charge is 0.328 e. The van der Waals surface area contributed by atoms with Crippen LogP contribution < -0.4 is 0 Å². The van der Waals surface area contributed by atoms with E-state index >= 15 is 0 Å². The van der Waals surface area contributed by atoms with Gasteiger partial charge in [-0.25, -0.2) is 4.79 Å². The van der Waals surface area contributed by atoms with Crippen molar-refractivity contribution in [1.82, 2.24) is 0 Å². The molecule has 0 aliphatic rings. The maximum atomic E-state index is 10.3. The van der Waals surface area contributed by atoms with Crippen LogP contribution in [0.4, 0.5) is 0 Å². The standard InChI is InChI=1S/C14H16O3/c1-11(2)9-17-10-13-5-3-12(4-6-13)7-8-14(15)16/h3-8H,1,9-10H2,2H3,(H,15,16)/b8-7+. The zero-order valence-electron chi connectivity index (χ0n) is 9.85. The first-order valence-corrected chi connectivity index (χ1v) is 5.30. The van der Waals surface area contributed by atoms with Crippen LogP contribution in [0.1, 0.15) is 18.1 Å². The van der Waals surface area contributed by atoms with Crippen LogP contribution in [0.3, 0.4) is 0 Å². The number of benzene rings is 1. The molecule has 1 rings (SSSR count). The lowest BCUT2D eigenvalue weighted by molar-refractivity contribution is -0.131. The third kappa shape index (κ3) is 5.68. The summed E-state index contributed by atoms with van der Waals surface area (Å²) in [5.74, 6) is -0.945. The number of hydrogen-bond donors (Lipinski definition) is 1. The highest BCUT2D eigenvalue weighted by atomic mass is 16.5. The van der Waals surface area contributed by atoms with Gasteiger partial charge in [-0.3, -0.25) is 0 Å². The molecule has 0 aliphatic carbocycles. The first-order valence-electron chi connectivity index (χ1n) is 5.30. The summed E-state index contributed by atoms with van der Waals surface area (Å²) in [7, 11) is 0. The van der Waals surface area contributed by atoms with Crippen molar-refractivity contribution in [2.24, 2.45) is 0 Å². The van der Waals surface area contributed by atoms with Crippen LogP contribution in [0.5, 0.6) is 0 Å². The van der Waals surface area contributed by atoms with E-state index < -0.39 is 5.97 Å². The summed E-state index contributed by atoms with van der Waals surface area (Å²) in [4.78, 5) is 10.3. The quantitative estimate of drug-likeness (QED) is 0.606. The summed E-state index contributed by atoms with van der Waals surface area (Å²) in [5, 5.41) is 8.48. The third-order valence-electron chi connectivity index (χ3n) is 2.02. The predicted octanol–water partition coefficient (Wildman–Crippen LogP) is 2.88. The Morgan fingerprint density at radius 3 is 2.59 bits per heavy atom. The lowest BCUT2D eigenvalue weighted by atomic mass is 10.1. The molecule has 0 heterocycles. The Morgan fingerprint density at radius 2 is 2.06 bits per heavy atom. The maximum absolute atomic E-state index is 10.3. The van der Waals surface area contributed by atoms with Gasteiger partial charge in [0.25, 0.3) is 0 Å². The lowest BCUT2D eigenvalue weighted by Gasteiger charge is -2.04. The minimum Gasteiger partial charge on any atom is -0.478 e. The predicted molar refractivity (Wildman–Crippen MR) is 67.6 cm³/mol. The zero-order chi connectivity index (χ0) is 12.7. The average Bonchev–Trinajstić information content (AvgIpc) is 2.27. The molecule has 17 heavy (non-hydrogen) atoms. The molecule has 0 radical (unpaired) electrons. The lowest BCUT2D eigenvalue weighted by Crippen LogP contribution is -1.95. The average molecular weight is 232 g/mol. The molecule has 0 fully saturated rings. The molecule has 3 heteroatoms. The van der Waals surface area contributed by atoms with E-state index in [1.54, 1.807) is 6.08 Å². The van der Waals surface area contributed by atoms with Crippen molar-refractivity contribution in [2.75, 3.05) is 6.61 Å². The fourth-order valence-corrected chi connectivity index (χ4v) is 1.24. The fourth-order valence-electron chi connectivity index (χ4n) is 1.24. The van der Waals surface area contributed by atoms with Gasteiger partial charge in [0, 0.05) is 6.08 Å². The van der Waals surface area contributed by atoms with E-state index in [1.165, 1.54) is 0 Å². The number of aliphatic carboxylic acids is 1. The highest BCUT2D eigenvalue weighted by Gasteiger charge is 1.94. The van der Waals surface area contributed by atoms with Crippen molar-refractivity contribution in [1.29, 1.82) is 0 Å². The van der Waals surface area contributed by atoms with Crippen LogP contribution in [-0.2, 0) is 16.1 Å². The molecule has 90 valence electrons. The third-order valence-corrected chi connectivity index (χ3v) is 2.02. The van der Waals surface area contributed by atoms with Crippen LogP contribution in [-0.4, -0.2) is 17.7 Å². The van der Waals surface area contributed by atoms with Gasteiger partial charge in [-0.05, 0) is 24.1 Å². The summed E-state index contributed by atoms with van der Waals surface area (Å²) in [6.07, 6.45) is 2.67. The Kier molecular flexibility index (Phi) is 5.17. The highest BCUT2D eigenvalue weighted by molar-refractivity contribution is 5.85. The number of ether oxygens (including phenoxy) is 1. The van der Waals surface area contributed by atoms with Gasteiger partial charge in [-0.2, -0.15) is 0 Å². The molecule has 0 unspecified atom stereocenters. The summed E-state index contributed by atoms with van der Waals surface area (Å²) >= 11 is 0. The van der Waals surface area contributed by atoms with E-state index in [0.717, 1.165) is 22.8 Å². The van der Waals surface area contributed by atoms with Gasteiger partial charge in [-0.1, -0.05) is 36.4 Å². The van der Waals surface area contributed by atoms with Crippen molar-refractivity contribution in [3.8, 4) is 0 Å². The molecule has 0 saturated heterocycles. The minimum absolute atomic E-state index is 0.537. The van der Waals surface area contributed by atoms with Crippen LogP contribution in [0.2, 0.25) is 0 Å². The molecule has 0 aliphatic heterocycles.